The number of nitrogens with zero attached hydrogens (tertiary/aromatic N) is 1. The quantitative estimate of drug-likeness (QED) is 0.571. The Kier molecular flexibility index (Phi) is 7.81. The van der Waals surface area contributed by atoms with Gasteiger partial charge in [0.15, 0.2) is 6.61 Å². The molecular formula is C19H25N3O7. The van der Waals surface area contributed by atoms with Crippen molar-refractivity contribution in [1.82, 2.24) is 10.2 Å². The van der Waals surface area contributed by atoms with Crippen LogP contribution >= 0.6 is 0 Å². The second kappa shape index (κ2) is 10.3. The average Bonchev–Trinajstić information content (AvgIpc) is 2.75. The molecule has 1 fully saturated rings. The Morgan fingerprint density at radius 1 is 1.10 bits per heavy atom. The molecule has 3 N–H and O–H groups in total. The number of hydrogen-bond acceptors (Lipinski definition) is 7. The van der Waals surface area contributed by atoms with Gasteiger partial charge in [-0.25, -0.2) is 0 Å². The van der Waals surface area contributed by atoms with Crippen LogP contribution in [0, 0.1) is 0 Å². The number of methoxy groups -OCH3 is 2. The predicted molar refractivity (Wildman–Crippen MR) is 101 cm³/mol. The van der Waals surface area contributed by atoms with Crippen LogP contribution in [0.4, 0.5) is 0 Å². The number of amides is 3. The largest absolute Gasteiger partial charge is 0.497 e. The van der Waals surface area contributed by atoms with Crippen molar-refractivity contribution >= 4 is 23.7 Å². The van der Waals surface area contributed by atoms with Crippen molar-refractivity contribution in [2.24, 2.45) is 5.73 Å². The van der Waals surface area contributed by atoms with Crippen LogP contribution in [0.1, 0.15) is 29.6 Å². The Morgan fingerprint density at radius 3 is 2.34 bits per heavy atom. The van der Waals surface area contributed by atoms with E-state index in [1.807, 2.05) is 0 Å². The topological polar surface area (TPSA) is 137 Å². The number of benzene rings is 1. The van der Waals surface area contributed by atoms with Crippen molar-refractivity contribution in [1.29, 1.82) is 0 Å². The van der Waals surface area contributed by atoms with Gasteiger partial charge in [-0.05, 0) is 31.4 Å². The Labute approximate surface area is 168 Å². The van der Waals surface area contributed by atoms with Crippen LogP contribution in [0.3, 0.4) is 0 Å². The molecule has 1 aromatic rings. The zero-order chi connectivity index (χ0) is 21.4. The highest BCUT2D eigenvalue weighted by atomic mass is 16.5. The molecule has 3 amide bonds. The molecule has 0 aromatic heterocycles. The molecule has 0 saturated carbocycles. The maximum Gasteiger partial charge on any atom is 0.325 e. The zero-order valence-electron chi connectivity index (χ0n) is 16.4. The van der Waals surface area contributed by atoms with Gasteiger partial charge >= 0.3 is 5.97 Å². The van der Waals surface area contributed by atoms with Crippen LogP contribution in [0.2, 0.25) is 0 Å². The Bertz CT molecular complexity index is 759. The normalized spacial score (nSPS) is 15.9. The molecule has 158 valence electrons. The molecule has 0 bridgehead atoms. The molecule has 1 heterocycles. The molecular weight excluding hydrogens is 382 g/mol. The fourth-order valence-corrected chi connectivity index (χ4v) is 3.00. The average molecular weight is 407 g/mol. The highest BCUT2D eigenvalue weighted by molar-refractivity contribution is 5.97. The first kappa shape index (κ1) is 22.0. The van der Waals surface area contributed by atoms with Crippen LogP contribution < -0.4 is 20.5 Å². The van der Waals surface area contributed by atoms with E-state index in [1.54, 1.807) is 6.07 Å². The lowest BCUT2D eigenvalue weighted by atomic mass is 10.0. The van der Waals surface area contributed by atoms with Crippen molar-refractivity contribution in [3.05, 3.63) is 23.8 Å². The third-order valence-electron chi connectivity index (χ3n) is 4.52. The first-order valence-corrected chi connectivity index (χ1v) is 9.11. The van der Waals surface area contributed by atoms with E-state index in [9.17, 15) is 19.2 Å². The maximum atomic E-state index is 12.2. The van der Waals surface area contributed by atoms with Gasteiger partial charge in [0.2, 0.25) is 5.91 Å². The van der Waals surface area contributed by atoms with Gasteiger partial charge in [0.1, 0.15) is 24.1 Å². The number of rotatable bonds is 8. The van der Waals surface area contributed by atoms with Crippen LogP contribution in [0.15, 0.2) is 18.2 Å². The number of piperidine rings is 1. The molecule has 1 aromatic carbocycles. The smallest absolute Gasteiger partial charge is 0.325 e. The second-order valence-corrected chi connectivity index (χ2v) is 6.45. The molecule has 1 saturated heterocycles. The molecule has 29 heavy (non-hydrogen) atoms. The van der Waals surface area contributed by atoms with Gasteiger partial charge in [0.25, 0.3) is 11.8 Å². The summed E-state index contributed by atoms with van der Waals surface area (Å²) >= 11 is 0. The SMILES string of the molecule is COc1cc(OC)cc(C(=O)NCC(=O)OCC(=O)N2CCCC[C@@H]2C(N)=O)c1. The molecule has 10 nitrogen and oxygen atoms in total. The van der Waals surface area contributed by atoms with Crippen molar-refractivity contribution in [2.45, 2.75) is 25.3 Å². The fraction of sp³-hybridized carbons (Fsp3) is 0.474. The number of nitrogens with two attached hydrogens (primary N) is 1. The zero-order valence-corrected chi connectivity index (χ0v) is 16.4. The van der Waals surface area contributed by atoms with E-state index in [2.05, 4.69) is 5.32 Å². The van der Waals surface area contributed by atoms with Gasteiger partial charge in [-0.3, -0.25) is 19.2 Å². The number of carbonyl (C=O) groups excluding carboxylic acids is 4. The molecule has 1 atom stereocenters. The number of hydrogen-bond donors (Lipinski definition) is 2. The summed E-state index contributed by atoms with van der Waals surface area (Å²) in [6.45, 7) is -0.561. The number of carbonyl (C=O) groups is 4. The molecule has 0 aliphatic carbocycles. The highest BCUT2D eigenvalue weighted by Gasteiger charge is 2.31. The summed E-state index contributed by atoms with van der Waals surface area (Å²) in [5, 5.41) is 2.41. The van der Waals surface area contributed by atoms with Gasteiger partial charge in [-0.15, -0.1) is 0 Å². The summed E-state index contributed by atoms with van der Waals surface area (Å²) in [5.41, 5.74) is 5.56. The van der Waals surface area contributed by atoms with E-state index < -0.39 is 42.9 Å². The predicted octanol–water partition coefficient (Wildman–Crippen LogP) is -0.157. The molecule has 0 radical (unpaired) electrons. The number of likely N-dealkylation sites (tertiary alicyclic amines) is 1. The highest BCUT2D eigenvalue weighted by Crippen LogP contribution is 2.22. The van der Waals surface area contributed by atoms with Crippen LogP contribution in [0.25, 0.3) is 0 Å². The molecule has 1 aliphatic rings. The van der Waals surface area contributed by atoms with E-state index in [1.165, 1.54) is 31.3 Å². The Morgan fingerprint density at radius 2 is 1.76 bits per heavy atom. The van der Waals surface area contributed by atoms with Crippen LogP contribution in [-0.2, 0) is 19.1 Å². The molecule has 0 spiro atoms. The first-order valence-electron chi connectivity index (χ1n) is 9.11. The molecule has 0 unspecified atom stereocenters. The second-order valence-electron chi connectivity index (χ2n) is 6.45. The van der Waals surface area contributed by atoms with E-state index in [-0.39, 0.29) is 5.56 Å². The van der Waals surface area contributed by atoms with Crippen molar-refractivity contribution in [3.8, 4) is 11.5 Å². The summed E-state index contributed by atoms with van der Waals surface area (Å²) in [5.74, 6) is -1.54. The van der Waals surface area contributed by atoms with Gasteiger partial charge in [0, 0.05) is 18.2 Å². The maximum absolute atomic E-state index is 12.2. The van der Waals surface area contributed by atoms with Gasteiger partial charge < -0.3 is 30.2 Å². The lowest BCUT2D eigenvalue weighted by Crippen LogP contribution is -2.51. The summed E-state index contributed by atoms with van der Waals surface area (Å²) in [4.78, 5) is 49.2. The van der Waals surface area contributed by atoms with E-state index in [4.69, 9.17) is 19.9 Å². The van der Waals surface area contributed by atoms with Crippen LogP contribution in [-0.4, -0.2) is 68.5 Å². The third-order valence-corrected chi connectivity index (χ3v) is 4.52. The minimum absolute atomic E-state index is 0.239. The lowest BCUT2D eigenvalue weighted by molar-refractivity contribution is -0.154. The molecule has 1 aliphatic heterocycles. The Balaban J connectivity index is 1.84. The van der Waals surface area contributed by atoms with Crippen molar-refractivity contribution in [2.75, 3.05) is 33.9 Å². The number of nitrogens with one attached hydrogen (secondary N) is 1. The number of esters is 1. The lowest BCUT2D eigenvalue weighted by Gasteiger charge is -2.33. The molecule has 10 heteroatoms. The van der Waals surface area contributed by atoms with E-state index in [0.29, 0.717) is 24.5 Å². The standard InChI is InChI=1S/C19H25N3O7/c1-27-13-7-12(8-14(9-13)28-2)19(26)21-10-17(24)29-11-16(23)22-6-4-3-5-15(22)18(20)25/h7-9,15H,3-6,10-11H2,1-2H3,(H2,20,25)(H,21,26)/t15-/m1/s1. The molecule has 2 rings (SSSR count). The van der Waals surface area contributed by atoms with E-state index >= 15 is 0 Å². The summed E-state index contributed by atoms with van der Waals surface area (Å²) in [6.07, 6.45) is 2.05. The van der Waals surface area contributed by atoms with Gasteiger partial charge in [-0.2, -0.15) is 0 Å². The summed E-state index contributed by atoms with van der Waals surface area (Å²) < 4.78 is 15.1. The minimum atomic E-state index is -0.783. The van der Waals surface area contributed by atoms with E-state index in [0.717, 1.165) is 12.8 Å². The monoisotopic (exact) mass is 407 g/mol. The third kappa shape index (κ3) is 6.09. The number of ether oxygens (including phenoxy) is 3. The minimum Gasteiger partial charge on any atom is -0.497 e. The van der Waals surface area contributed by atoms with Gasteiger partial charge in [0.05, 0.1) is 14.2 Å². The summed E-state index contributed by atoms with van der Waals surface area (Å²) in [6, 6.07) is 3.91. The fourth-order valence-electron chi connectivity index (χ4n) is 3.00. The Hall–Kier alpha value is -3.30. The number of primary amides is 1. The summed E-state index contributed by atoms with van der Waals surface area (Å²) in [7, 11) is 2.91. The van der Waals surface area contributed by atoms with Gasteiger partial charge in [-0.1, -0.05) is 0 Å². The van der Waals surface area contributed by atoms with Crippen molar-refractivity contribution < 1.29 is 33.4 Å². The first-order chi connectivity index (χ1) is 13.8. The van der Waals surface area contributed by atoms with Crippen molar-refractivity contribution in [3.63, 3.8) is 0 Å². The van der Waals surface area contributed by atoms with Crippen LogP contribution in [0.5, 0.6) is 11.5 Å².